The van der Waals surface area contributed by atoms with Crippen molar-refractivity contribution in [1.29, 1.82) is 0 Å². The Morgan fingerprint density at radius 3 is 2.92 bits per heavy atom. The number of nitrogens with zero attached hydrogens (tertiary/aromatic N) is 2. The lowest BCUT2D eigenvalue weighted by atomic mass is 9.95. The SMILES string of the molecule is O=C(Cc1n[nH]c2c1CCCC2)NCc1cccnc1OCC(F)(F)F. The van der Waals surface area contributed by atoms with Gasteiger partial charge in [-0.1, -0.05) is 6.07 Å². The van der Waals surface area contributed by atoms with E-state index in [0.29, 0.717) is 5.56 Å². The number of halogens is 3. The zero-order valence-corrected chi connectivity index (χ0v) is 14.0. The summed E-state index contributed by atoms with van der Waals surface area (Å²) >= 11 is 0. The van der Waals surface area contributed by atoms with Crippen molar-refractivity contribution < 1.29 is 22.7 Å². The second kappa shape index (κ2) is 7.76. The quantitative estimate of drug-likeness (QED) is 0.821. The highest BCUT2D eigenvalue weighted by Gasteiger charge is 2.29. The standard InChI is InChI=1S/C17H19F3N4O2/c18-17(19,20)10-26-16-11(4-3-7-21-16)9-22-15(25)8-14-12-5-1-2-6-13(12)23-24-14/h3-4,7H,1-2,5-6,8-10H2,(H,22,25)(H,23,24). The summed E-state index contributed by atoms with van der Waals surface area (Å²) in [6.45, 7) is -1.39. The molecule has 0 saturated heterocycles. The highest BCUT2D eigenvalue weighted by Crippen LogP contribution is 2.23. The van der Waals surface area contributed by atoms with Crippen molar-refractivity contribution in [2.75, 3.05) is 6.61 Å². The predicted molar refractivity (Wildman–Crippen MR) is 86.6 cm³/mol. The van der Waals surface area contributed by atoms with E-state index in [2.05, 4.69) is 20.5 Å². The van der Waals surface area contributed by atoms with Gasteiger partial charge < -0.3 is 10.1 Å². The Hall–Kier alpha value is -2.58. The van der Waals surface area contributed by atoms with Crippen LogP contribution >= 0.6 is 0 Å². The normalized spacial score (nSPS) is 14.0. The lowest BCUT2D eigenvalue weighted by Crippen LogP contribution is -2.26. The number of carbonyl (C=O) groups excluding carboxylic acids is 1. The van der Waals surface area contributed by atoms with Gasteiger partial charge in [0.05, 0.1) is 12.1 Å². The molecular weight excluding hydrogens is 349 g/mol. The van der Waals surface area contributed by atoms with Crippen LogP contribution < -0.4 is 10.1 Å². The molecule has 1 aliphatic rings. The molecule has 1 aliphatic carbocycles. The maximum Gasteiger partial charge on any atom is 0.422 e. The highest BCUT2D eigenvalue weighted by atomic mass is 19.4. The first kappa shape index (κ1) is 18.2. The maximum absolute atomic E-state index is 12.3. The number of H-pyrrole nitrogens is 1. The van der Waals surface area contributed by atoms with E-state index in [-0.39, 0.29) is 24.8 Å². The zero-order chi connectivity index (χ0) is 18.6. The molecule has 6 nitrogen and oxygen atoms in total. The molecule has 0 bridgehead atoms. The first-order chi connectivity index (χ1) is 12.4. The molecule has 0 spiro atoms. The van der Waals surface area contributed by atoms with Crippen LogP contribution in [0.2, 0.25) is 0 Å². The number of aryl methyl sites for hydroxylation is 1. The van der Waals surface area contributed by atoms with Crippen LogP contribution in [0.5, 0.6) is 5.88 Å². The van der Waals surface area contributed by atoms with Crippen LogP contribution in [-0.4, -0.2) is 33.9 Å². The van der Waals surface area contributed by atoms with Crippen molar-refractivity contribution in [3.05, 3.63) is 40.8 Å². The Kier molecular flexibility index (Phi) is 5.43. The average molecular weight is 368 g/mol. The number of carbonyl (C=O) groups is 1. The number of fused-ring (bicyclic) bond motifs is 1. The fourth-order valence-electron chi connectivity index (χ4n) is 2.94. The van der Waals surface area contributed by atoms with E-state index in [4.69, 9.17) is 4.74 Å². The Morgan fingerprint density at radius 2 is 2.12 bits per heavy atom. The summed E-state index contributed by atoms with van der Waals surface area (Å²) in [5, 5.41) is 9.89. The summed E-state index contributed by atoms with van der Waals surface area (Å²) in [7, 11) is 0. The van der Waals surface area contributed by atoms with Crippen molar-refractivity contribution in [1.82, 2.24) is 20.5 Å². The molecule has 2 heterocycles. The highest BCUT2D eigenvalue weighted by molar-refractivity contribution is 5.78. The summed E-state index contributed by atoms with van der Waals surface area (Å²) in [5.74, 6) is -0.391. The Morgan fingerprint density at radius 1 is 1.31 bits per heavy atom. The van der Waals surface area contributed by atoms with Gasteiger partial charge in [0.25, 0.3) is 0 Å². The fourth-order valence-corrected chi connectivity index (χ4v) is 2.94. The van der Waals surface area contributed by atoms with Crippen LogP contribution in [0.15, 0.2) is 18.3 Å². The molecule has 0 fully saturated rings. The molecule has 2 aromatic heterocycles. The largest absolute Gasteiger partial charge is 0.468 e. The van der Waals surface area contributed by atoms with E-state index >= 15 is 0 Å². The van der Waals surface area contributed by atoms with Crippen LogP contribution in [0.4, 0.5) is 13.2 Å². The molecule has 26 heavy (non-hydrogen) atoms. The van der Waals surface area contributed by atoms with Gasteiger partial charge in [0.1, 0.15) is 0 Å². The molecule has 3 rings (SSSR count). The van der Waals surface area contributed by atoms with E-state index in [9.17, 15) is 18.0 Å². The predicted octanol–water partition coefficient (Wildman–Crippen LogP) is 2.48. The van der Waals surface area contributed by atoms with Crippen LogP contribution in [0.1, 0.15) is 35.4 Å². The monoisotopic (exact) mass is 368 g/mol. The van der Waals surface area contributed by atoms with E-state index in [1.807, 2.05) is 0 Å². The van der Waals surface area contributed by atoms with Gasteiger partial charge in [-0.15, -0.1) is 0 Å². The van der Waals surface area contributed by atoms with Gasteiger partial charge in [-0.3, -0.25) is 9.89 Å². The van der Waals surface area contributed by atoms with E-state index < -0.39 is 12.8 Å². The topological polar surface area (TPSA) is 79.9 Å². The lowest BCUT2D eigenvalue weighted by molar-refractivity contribution is -0.154. The Labute approximate surface area is 148 Å². The smallest absolute Gasteiger partial charge is 0.422 e. The molecule has 0 aliphatic heterocycles. The van der Waals surface area contributed by atoms with Gasteiger partial charge in [-0.2, -0.15) is 18.3 Å². The number of aromatic nitrogens is 3. The molecule has 1 amide bonds. The number of ether oxygens (including phenoxy) is 1. The van der Waals surface area contributed by atoms with E-state index in [1.54, 1.807) is 12.1 Å². The van der Waals surface area contributed by atoms with Gasteiger partial charge in [0, 0.05) is 24.0 Å². The molecule has 0 atom stereocenters. The zero-order valence-electron chi connectivity index (χ0n) is 14.0. The Balaban J connectivity index is 1.57. The molecular formula is C17H19F3N4O2. The number of aromatic amines is 1. The molecule has 0 unspecified atom stereocenters. The fraction of sp³-hybridized carbons (Fsp3) is 0.471. The first-order valence-electron chi connectivity index (χ1n) is 8.37. The van der Waals surface area contributed by atoms with Crippen LogP contribution in [-0.2, 0) is 30.6 Å². The number of alkyl halides is 3. The number of hydrogen-bond donors (Lipinski definition) is 2. The molecule has 2 N–H and O–H groups in total. The van der Waals surface area contributed by atoms with Crippen molar-refractivity contribution in [2.24, 2.45) is 0 Å². The summed E-state index contributed by atoms with van der Waals surface area (Å²) in [4.78, 5) is 16.0. The van der Waals surface area contributed by atoms with Gasteiger partial charge in [-0.05, 0) is 37.3 Å². The number of rotatable bonds is 6. The van der Waals surface area contributed by atoms with Crippen molar-refractivity contribution in [2.45, 2.75) is 44.8 Å². The van der Waals surface area contributed by atoms with Crippen LogP contribution in [0.25, 0.3) is 0 Å². The molecule has 9 heteroatoms. The van der Waals surface area contributed by atoms with Gasteiger partial charge >= 0.3 is 6.18 Å². The third kappa shape index (κ3) is 4.74. The molecule has 0 radical (unpaired) electrons. The second-order valence-corrected chi connectivity index (χ2v) is 6.16. The molecule has 0 aromatic carbocycles. The first-order valence-corrected chi connectivity index (χ1v) is 8.37. The van der Waals surface area contributed by atoms with Crippen molar-refractivity contribution in [3.63, 3.8) is 0 Å². The second-order valence-electron chi connectivity index (χ2n) is 6.16. The van der Waals surface area contributed by atoms with Gasteiger partial charge in [-0.25, -0.2) is 4.98 Å². The number of hydrogen-bond acceptors (Lipinski definition) is 4. The average Bonchev–Trinajstić information content (AvgIpc) is 3.01. The van der Waals surface area contributed by atoms with Crippen LogP contribution in [0.3, 0.4) is 0 Å². The molecule has 2 aromatic rings. The molecule has 140 valence electrons. The number of amides is 1. The summed E-state index contributed by atoms with van der Waals surface area (Å²) in [6.07, 6.45) is 1.07. The lowest BCUT2D eigenvalue weighted by Gasteiger charge is -2.13. The van der Waals surface area contributed by atoms with E-state index in [0.717, 1.165) is 42.6 Å². The van der Waals surface area contributed by atoms with Crippen molar-refractivity contribution in [3.8, 4) is 5.88 Å². The van der Waals surface area contributed by atoms with Crippen molar-refractivity contribution >= 4 is 5.91 Å². The third-order valence-electron chi connectivity index (χ3n) is 4.17. The Bertz CT molecular complexity index is 774. The summed E-state index contributed by atoms with van der Waals surface area (Å²) < 4.78 is 41.6. The number of pyridine rings is 1. The minimum absolute atomic E-state index is 0.0342. The minimum atomic E-state index is -4.45. The van der Waals surface area contributed by atoms with E-state index in [1.165, 1.54) is 6.20 Å². The summed E-state index contributed by atoms with van der Waals surface area (Å²) in [5.41, 5.74) is 3.32. The summed E-state index contributed by atoms with van der Waals surface area (Å²) in [6, 6.07) is 3.14. The van der Waals surface area contributed by atoms with Gasteiger partial charge in [0.15, 0.2) is 6.61 Å². The molecule has 0 saturated carbocycles. The van der Waals surface area contributed by atoms with Crippen LogP contribution in [0, 0.1) is 0 Å². The minimum Gasteiger partial charge on any atom is -0.468 e. The van der Waals surface area contributed by atoms with Gasteiger partial charge in [0.2, 0.25) is 11.8 Å². The number of nitrogens with one attached hydrogen (secondary N) is 2. The maximum atomic E-state index is 12.3. The third-order valence-corrected chi connectivity index (χ3v) is 4.17.